The zero-order valence-corrected chi connectivity index (χ0v) is 12.8. The number of nitrogens with zero attached hydrogens (tertiary/aromatic N) is 2. The Morgan fingerprint density at radius 2 is 2.20 bits per heavy atom. The molecular formula is C14H15ClN2O2S. The molecule has 0 amide bonds. The fourth-order valence-corrected chi connectivity index (χ4v) is 2.80. The van der Waals surface area contributed by atoms with E-state index in [0.29, 0.717) is 11.6 Å². The number of carboxylic acids is 1. The van der Waals surface area contributed by atoms with E-state index >= 15 is 0 Å². The van der Waals surface area contributed by atoms with Gasteiger partial charge < -0.3 is 5.11 Å². The molecule has 1 aromatic carbocycles. The van der Waals surface area contributed by atoms with Gasteiger partial charge in [0, 0.05) is 16.0 Å². The molecule has 1 unspecified atom stereocenters. The third kappa shape index (κ3) is 3.36. The lowest BCUT2D eigenvalue weighted by molar-refractivity contribution is -0.142. The molecule has 0 radical (unpaired) electrons. The van der Waals surface area contributed by atoms with E-state index in [0.717, 1.165) is 16.3 Å². The van der Waals surface area contributed by atoms with E-state index in [2.05, 4.69) is 4.98 Å². The monoisotopic (exact) mass is 310 g/mol. The SMILES string of the molecule is CC(C(=O)O)N(C)Cc1nc(-c2ccccc2Cl)cs1. The molecule has 0 fully saturated rings. The minimum atomic E-state index is -0.838. The maximum atomic E-state index is 10.9. The zero-order valence-electron chi connectivity index (χ0n) is 11.2. The van der Waals surface area contributed by atoms with Gasteiger partial charge in [-0.1, -0.05) is 29.8 Å². The van der Waals surface area contributed by atoms with Crippen LogP contribution in [-0.2, 0) is 11.3 Å². The van der Waals surface area contributed by atoms with Gasteiger partial charge in [-0.3, -0.25) is 9.69 Å². The molecule has 1 aromatic heterocycles. The van der Waals surface area contributed by atoms with Gasteiger partial charge in [-0.15, -0.1) is 11.3 Å². The molecule has 0 aliphatic heterocycles. The molecule has 1 atom stereocenters. The fourth-order valence-electron chi connectivity index (χ4n) is 1.71. The number of aromatic nitrogens is 1. The summed E-state index contributed by atoms with van der Waals surface area (Å²) in [6, 6.07) is 7.00. The van der Waals surface area contributed by atoms with E-state index < -0.39 is 12.0 Å². The van der Waals surface area contributed by atoms with E-state index in [9.17, 15) is 4.79 Å². The predicted octanol–water partition coefficient (Wildman–Crippen LogP) is 3.37. The van der Waals surface area contributed by atoms with Gasteiger partial charge in [0.25, 0.3) is 0 Å². The van der Waals surface area contributed by atoms with Gasteiger partial charge in [0.05, 0.1) is 12.2 Å². The lowest BCUT2D eigenvalue weighted by Crippen LogP contribution is -2.35. The van der Waals surface area contributed by atoms with Crippen LogP contribution in [0.5, 0.6) is 0 Å². The van der Waals surface area contributed by atoms with Crippen LogP contribution < -0.4 is 0 Å². The number of hydrogen-bond acceptors (Lipinski definition) is 4. The summed E-state index contributed by atoms with van der Waals surface area (Å²) in [5.74, 6) is -0.838. The molecule has 6 heteroatoms. The van der Waals surface area contributed by atoms with E-state index in [1.54, 1.807) is 18.9 Å². The third-order valence-corrected chi connectivity index (χ3v) is 4.27. The van der Waals surface area contributed by atoms with Crippen molar-refractivity contribution >= 4 is 28.9 Å². The molecule has 0 spiro atoms. The normalized spacial score (nSPS) is 12.6. The Bertz CT molecular complexity index is 615. The van der Waals surface area contributed by atoms with Crippen LogP contribution in [0.1, 0.15) is 11.9 Å². The minimum absolute atomic E-state index is 0.503. The molecule has 1 N–H and O–H groups in total. The standard InChI is InChI=1S/C14H15ClN2O2S/c1-9(14(18)19)17(2)7-13-16-12(8-20-13)10-5-3-4-6-11(10)15/h3-6,8-9H,7H2,1-2H3,(H,18,19). The highest BCUT2D eigenvalue weighted by molar-refractivity contribution is 7.09. The Kier molecular flexibility index (Phi) is 4.75. The van der Waals surface area contributed by atoms with Crippen molar-refractivity contribution in [2.24, 2.45) is 0 Å². The summed E-state index contributed by atoms with van der Waals surface area (Å²) in [4.78, 5) is 17.2. The van der Waals surface area contributed by atoms with Crippen LogP contribution >= 0.6 is 22.9 Å². The summed E-state index contributed by atoms with van der Waals surface area (Å²) in [7, 11) is 1.77. The van der Waals surface area contributed by atoms with Gasteiger partial charge in [0.1, 0.15) is 11.0 Å². The van der Waals surface area contributed by atoms with Crippen molar-refractivity contribution in [2.75, 3.05) is 7.05 Å². The summed E-state index contributed by atoms with van der Waals surface area (Å²) < 4.78 is 0. The smallest absolute Gasteiger partial charge is 0.320 e. The zero-order chi connectivity index (χ0) is 14.7. The van der Waals surface area contributed by atoms with Crippen LogP contribution in [0, 0.1) is 0 Å². The summed E-state index contributed by atoms with van der Waals surface area (Å²) in [5.41, 5.74) is 1.72. The van der Waals surface area contributed by atoms with Crippen molar-refractivity contribution in [3.8, 4) is 11.3 Å². The minimum Gasteiger partial charge on any atom is -0.480 e. The molecule has 2 rings (SSSR count). The number of halogens is 1. The van der Waals surface area contributed by atoms with Gasteiger partial charge in [0.15, 0.2) is 0 Å². The highest BCUT2D eigenvalue weighted by Crippen LogP contribution is 2.28. The third-order valence-electron chi connectivity index (χ3n) is 3.10. The lowest BCUT2D eigenvalue weighted by atomic mass is 10.2. The van der Waals surface area contributed by atoms with Gasteiger partial charge in [-0.25, -0.2) is 4.98 Å². The van der Waals surface area contributed by atoms with Crippen molar-refractivity contribution in [1.82, 2.24) is 9.88 Å². The summed E-state index contributed by atoms with van der Waals surface area (Å²) in [5, 5.41) is 12.4. The van der Waals surface area contributed by atoms with Crippen LogP contribution in [-0.4, -0.2) is 34.0 Å². The second-order valence-electron chi connectivity index (χ2n) is 4.54. The molecule has 2 aromatic rings. The second kappa shape index (κ2) is 6.35. The average Bonchev–Trinajstić information content (AvgIpc) is 2.86. The second-order valence-corrected chi connectivity index (χ2v) is 5.89. The molecule has 106 valence electrons. The Balaban J connectivity index is 2.14. The quantitative estimate of drug-likeness (QED) is 0.920. The van der Waals surface area contributed by atoms with Crippen LogP contribution in [0.25, 0.3) is 11.3 Å². The molecule has 1 heterocycles. The van der Waals surface area contributed by atoms with Crippen molar-refractivity contribution in [2.45, 2.75) is 19.5 Å². The van der Waals surface area contributed by atoms with E-state index in [1.165, 1.54) is 11.3 Å². The van der Waals surface area contributed by atoms with Gasteiger partial charge in [-0.2, -0.15) is 0 Å². The highest BCUT2D eigenvalue weighted by Gasteiger charge is 2.18. The van der Waals surface area contributed by atoms with Crippen molar-refractivity contribution in [1.29, 1.82) is 0 Å². The first-order valence-electron chi connectivity index (χ1n) is 6.11. The largest absolute Gasteiger partial charge is 0.480 e. The maximum absolute atomic E-state index is 10.9. The summed E-state index contributed by atoms with van der Waals surface area (Å²) in [6.45, 7) is 2.16. The van der Waals surface area contributed by atoms with Gasteiger partial charge in [0.2, 0.25) is 0 Å². The molecule has 4 nitrogen and oxygen atoms in total. The Morgan fingerprint density at radius 1 is 1.50 bits per heavy atom. The van der Waals surface area contributed by atoms with Crippen molar-refractivity contribution < 1.29 is 9.90 Å². The molecule has 0 saturated heterocycles. The summed E-state index contributed by atoms with van der Waals surface area (Å²) in [6.07, 6.45) is 0. The van der Waals surface area contributed by atoms with E-state index in [4.69, 9.17) is 16.7 Å². The number of rotatable bonds is 5. The number of hydrogen-bond donors (Lipinski definition) is 1. The average molecular weight is 311 g/mol. The van der Waals surface area contributed by atoms with Crippen LogP contribution in [0.2, 0.25) is 5.02 Å². The molecule has 20 heavy (non-hydrogen) atoms. The Hall–Kier alpha value is -1.43. The Morgan fingerprint density at radius 3 is 2.85 bits per heavy atom. The van der Waals surface area contributed by atoms with Crippen molar-refractivity contribution in [3.63, 3.8) is 0 Å². The number of thiazole rings is 1. The molecule has 0 aliphatic rings. The first-order valence-corrected chi connectivity index (χ1v) is 7.37. The number of benzene rings is 1. The van der Waals surface area contributed by atoms with Crippen LogP contribution in [0.3, 0.4) is 0 Å². The van der Waals surface area contributed by atoms with E-state index in [-0.39, 0.29) is 0 Å². The lowest BCUT2D eigenvalue weighted by Gasteiger charge is -2.19. The first kappa shape index (κ1) is 15.0. The number of carbonyl (C=O) groups is 1. The van der Waals surface area contributed by atoms with Crippen LogP contribution in [0.4, 0.5) is 0 Å². The van der Waals surface area contributed by atoms with Gasteiger partial charge >= 0.3 is 5.97 Å². The number of likely N-dealkylation sites (N-methyl/N-ethyl adjacent to an activating group) is 1. The molecule has 0 aliphatic carbocycles. The Labute approximate surface area is 126 Å². The highest BCUT2D eigenvalue weighted by atomic mass is 35.5. The summed E-state index contributed by atoms with van der Waals surface area (Å²) >= 11 is 7.65. The predicted molar refractivity (Wildman–Crippen MR) is 81.1 cm³/mol. The number of aliphatic carboxylic acids is 1. The maximum Gasteiger partial charge on any atom is 0.320 e. The molecule has 0 bridgehead atoms. The first-order chi connectivity index (χ1) is 9.49. The van der Waals surface area contributed by atoms with Crippen molar-refractivity contribution in [3.05, 3.63) is 39.7 Å². The molecule has 0 saturated carbocycles. The fraction of sp³-hybridized carbons (Fsp3) is 0.286. The topological polar surface area (TPSA) is 53.4 Å². The molecular weight excluding hydrogens is 296 g/mol. The van der Waals surface area contributed by atoms with E-state index in [1.807, 2.05) is 29.6 Å². The van der Waals surface area contributed by atoms with Crippen LogP contribution in [0.15, 0.2) is 29.6 Å². The van der Waals surface area contributed by atoms with Gasteiger partial charge in [-0.05, 0) is 20.0 Å². The number of carboxylic acid groups (broad SMARTS) is 1.